The summed E-state index contributed by atoms with van der Waals surface area (Å²) in [5, 5.41) is 3.21. The Kier molecular flexibility index (Phi) is 5.81. The summed E-state index contributed by atoms with van der Waals surface area (Å²) in [6.45, 7) is 1.82. The number of aromatic nitrogens is 2. The van der Waals surface area contributed by atoms with Crippen LogP contribution < -0.4 is 15.5 Å². The third-order valence-electron chi connectivity index (χ3n) is 5.21. The molecule has 160 valence electrons. The Balaban J connectivity index is 1.79. The number of para-hydroxylation sites is 1. The van der Waals surface area contributed by atoms with Crippen molar-refractivity contribution in [1.82, 2.24) is 9.55 Å². The fourth-order valence-electron chi connectivity index (χ4n) is 3.51. The van der Waals surface area contributed by atoms with Gasteiger partial charge in [0.1, 0.15) is 12.3 Å². The third-order valence-corrected chi connectivity index (χ3v) is 5.21. The molecule has 0 aliphatic heterocycles. The molecule has 0 aliphatic rings. The number of aryl methyl sites for hydroxylation is 1. The summed E-state index contributed by atoms with van der Waals surface area (Å²) in [5.74, 6) is -0.171. The average molecular weight is 427 g/mol. The molecule has 1 amide bonds. The minimum Gasteiger partial charge on any atom is -0.497 e. The van der Waals surface area contributed by atoms with Crippen molar-refractivity contribution in [3.63, 3.8) is 0 Å². The van der Waals surface area contributed by atoms with Gasteiger partial charge < -0.3 is 14.6 Å². The van der Waals surface area contributed by atoms with E-state index in [0.29, 0.717) is 27.9 Å². The number of amides is 1. The number of hydrogen-bond donors (Lipinski definition) is 1. The maximum absolute atomic E-state index is 13.1. The third kappa shape index (κ3) is 4.13. The van der Waals surface area contributed by atoms with Crippen molar-refractivity contribution in [2.45, 2.75) is 13.5 Å². The fourth-order valence-corrected chi connectivity index (χ4v) is 3.51. The van der Waals surface area contributed by atoms with E-state index in [-0.39, 0.29) is 18.0 Å². The molecule has 0 atom stereocenters. The number of pyridine rings is 2. The highest BCUT2D eigenvalue weighted by Gasteiger charge is 2.19. The Morgan fingerprint density at radius 3 is 2.53 bits per heavy atom. The smallest absolute Gasteiger partial charge is 0.244 e. The zero-order valence-electron chi connectivity index (χ0n) is 17.7. The van der Waals surface area contributed by atoms with Crippen molar-refractivity contribution in [2.24, 2.45) is 0 Å². The van der Waals surface area contributed by atoms with Gasteiger partial charge in [0.05, 0.1) is 18.2 Å². The van der Waals surface area contributed by atoms with Gasteiger partial charge in [-0.15, -0.1) is 0 Å². The second kappa shape index (κ2) is 8.85. The number of nitrogens with one attached hydrogen (secondary N) is 1. The fraction of sp³-hybridized carbons (Fsp3) is 0.120. The lowest BCUT2D eigenvalue weighted by Gasteiger charge is -2.15. The maximum Gasteiger partial charge on any atom is 0.244 e. The molecule has 4 aromatic rings. The number of anilines is 1. The highest BCUT2D eigenvalue weighted by atomic mass is 16.5. The molecule has 0 saturated carbocycles. The van der Waals surface area contributed by atoms with Crippen molar-refractivity contribution in [2.75, 3.05) is 12.4 Å². The van der Waals surface area contributed by atoms with Crippen LogP contribution in [0.2, 0.25) is 0 Å². The number of ether oxygens (including phenoxy) is 1. The topological polar surface area (TPSA) is 90.3 Å². The molecule has 32 heavy (non-hydrogen) atoms. The van der Waals surface area contributed by atoms with Gasteiger partial charge in [0, 0.05) is 41.3 Å². The lowest BCUT2D eigenvalue weighted by molar-refractivity contribution is -0.116. The van der Waals surface area contributed by atoms with Crippen LogP contribution in [-0.2, 0) is 11.3 Å². The summed E-state index contributed by atoms with van der Waals surface area (Å²) < 4.78 is 6.89. The normalized spacial score (nSPS) is 10.7. The van der Waals surface area contributed by atoms with Gasteiger partial charge in [-0.1, -0.05) is 18.2 Å². The predicted molar refractivity (Wildman–Crippen MR) is 122 cm³/mol. The van der Waals surface area contributed by atoms with Crippen LogP contribution in [0.15, 0.2) is 78.0 Å². The summed E-state index contributed by atoms with van der Waals surface area (Å²) in [6, 6.07) is 15.5. The highest BCUT2D eigenvalue weighted by Crippen LogP contribution is 2.21. The van der Waals surface area contributed by atoms with E-state index in [2.05, 4.69) is 10.3 Å². The number of carbonyl (C=O) groups is 2. The molecule has 2 heterocycles. The Morgan fingerprint density at radius 2 is 1.81 bits per heavy atom. The Morgan fingerprint density at radius 1 is 1.06 bits per heavy atom. The first-order valence-electron chi connectivity index (χ1n) is 9.99. The first-order valence-corrected chi connectivity index (χ1v) is 9.99. The number of hydrogen-bond acceptors (Lipinski definition) is 5. The maximum atomic E-state index is 13.1. The number of fused-ring (bicyclic) bond motifs is 1. The van der Waals surface area contributed by atoms with E-state index < -0.39 is 11.2 Å². The predicted octanol–water partition coefficient (Wildman–Crippen LogP) is 3.58. The molecule has 1 N–H and O–H groups in total. The van der Waals surface area contributed by atoms with Gasteiger partial charge in [0.15, 0.2) is 5.78 Å². The van der Waals surface area contributed by atoms with Crippen LogP contribution in [0.3, 0.4) is 0 Å². The second-order valence-corrected chi connectivity index (χ2v) is 7.31. The second-order valence-electron chi connectivity index (χ2n) is 7.31. The van der Waals surface area contributed by atoms with E-state index in [9.17, 15) is 14.4 Å². The molecular formula is C25H21N3O4. The van der Waals surface area contributed by atoms with Crippen LogP contribution in [0.25, 0.3) is 10.9 Å². The molecule has 0 spiro atoms. The van der Waals surface area contributed by atoms with Crippen LogP contribution in [-0.4, -0.2) is 28.4 Å². The Bertz CT molecular complexity index is 1380. The largest absolute Gasteiger partial charge is 0.497 e. The molecule has 7 nitrogen and oxygen atoms in total. The van der Waals surface area contributed by atoms with Gasteiger partial charge >= 0.3 is 0 Å². The molecule has 2 aromatic carbocycles. The van der Waals surface area contributed by atoms with E-state index >= 15 is 0 Å². The number of carbonyl (C=O) groups excluding carboxylic acids is 2. The Hall–Kier alpha value is -4.26. The first-order chi connectivity index (χ1) is 15.5. The van der Waals surface area contributed by atoms with E-state index in [0.717, 1.165) is 5.56 Å². The van der Waals surface area contributed by atoms with Gasteiger partial charge in [-0.3, -0.25) is 19.4 Å². The SMILES string of the molecule is COc1ccc2c(=O)c(C(=O)c3ccncc3)cn(CC(=O)Nc3ccccc3C)c2c1. The number of rotatable bonds is 6. The first kappa shape index (κ1) is 21.0. The highest BCUT2D eigenvalue weighted by molar-refractivity contribution is 6.10. The molecule has 2 aromatic heterocycles. The summed E-state index contributed by atoms with van der Waals surface area (Å²) in [4.78, 5) is 42.9. The van der Waals surface area contributed by atoms with Gasteiger partial charge in [-0.05, 0) is 42.8 Å². The lowest BCUT2D eigenvalue weighted by atomic mass is 10.0. The van der Waals surface area contributed by atoms with Crippen molar-refractivity contribution < 1.29 is 14.3 Å². The summed E-state index contributed by atoms with van der Waals surface area (Å²) in [7, 11) is 1.52. The van der Waals surface area contributed by atoms with E-state index in [1.165, 1.54) is 25.7 Å². The number of nitrogens with zero attached hydrogens (tertiary/aromatic N) is 2. The van der Waals surface area contributed by atoms with E-state index in [4.69, 9.17) is 4.74 Å². The molecule has 4 rings (SSSR count). The van der Waals surface area contributed by atoms with Gasteiger partial charge in [0.2, 0.25) is 11.3 Å². The molecule has 0 radical (unpaired) electrons. The summed E-state index contributed by atoms with van der Waals surface area (Å²) in [6.07, 6.45) is 4.42. The Labute approximate surface area is 184 Å². The van der Waals surface area contributed by atoms with E-state index in [1.54, 1.807) is 34.9 Å². The molecular weight excluding hydrogens is 406 g/mol. The minimum atomic E-state index is -0.428. The number of methoxy groups -OCH3 is 1. The van der Waals surface area contributed by atoms with Crippen LogP contribution >= 0.6 is 0 Å². The molecule has 0 bridgehead atoms. The van der Waals surface area contributed by atoms with Crippen molar-refractivity contribution in [3.05, 3.63) is 100 Å². The monoisotopic (exact) mass is 427 g/mol. The van der Waals surface area contributed by atoms with Crippen molar-refractivity contribution in [3.8, 4) is 5.75 Å². The zero-order chi connectivity index (χ0) is 22.7. The van der Waals surface area contributed by atoms with Gasteiger partial charge in [-0.2, -0.15) is 0 Å². The van der Waals surface area contributed by atoms with E-state index in [1.807, 2.05) is 31.2 Å². The number of ketones is 1. The molecule has 7 heteroatoms. The van der Waals surface area contributed by atoms with Crippen LogP contribution in [0.5, 0.6) is 5.75 Å². The number of benzene rings is 2. The molecule has 0 aliphatic carbocycles. The minimum absolute atomic E-state index is 0.0161. The zero-order valence-corrected chi connectivity index (χ0v) is 17.7. The summed E-state index contributed by atoms with van der Waals surface area (Å²) >= 11 is 0. The van der Waals surface area contributed by atoms with Crippen molar-refractivity contribution >= 4 is 28.3 Å². The van der Waals surface area contributed by atoms with Crippen molar-refractivity contribution in [1.29, 1.82) is 0 Å². The quantitative estimate of drug-likeness (QED) is 0.475. The van der Waals surface area contributed by atoms with Crippen LogP contribution in [0, 0.1) is 6.92 Å². The molecule has 0 saturated heterocycles. The standard InChI is InChI=1S/C25H21N3O4/c1-16-5-3-4-6-21(16)27-23(29)15-28-14-20(24(30)17-9-11-26-12-10-17)25(31)19-8-7-18(32-2)13-22(19)28/h3-14H,15H2,1-2H3,(H,27,29). The van der Waals surface area contributed by atoms with Crippen LogP contribution in [0.1, 0.15) is 21.5 Å². The molecule has 0 unspecified atom stereocenters. The molecule has 0 fully saturated rings. The van der Waals surface area contributed by atoms with Gasteiger partial charge in [0.25, 0.3) is 0 Å². The van der Waals surface area contributed by atoms with Gasteiger partial charge in [-0.25, -0.2) is 0 Å². The van der Waals surface area contributed by atoms with Crippen LogP contribution in [0.4, 0.5) is 5.69 Å². The lowest BCUT2D eigenvalue weighted by Crippen LogP contribution is -2.24. The average Bonchev–Trinajstić information content (AvgIpc) is 2.82. The summed E-state index contributed by atoms with van der Waals surface area (Å²) in [5.41, 5.74) is 2.06.